The average Bonchev–Trinajstić information content (AvgIpc) is 3.02. The second kappa shape index (κ2) is 10.5. The summed E-state index contributed by atoms with van der Waals surface area (Å²) in [6, 6.07) is 11.3. The van der Waals surface area contributed by atoms with Gasteiger partial charge in [0.25, 0.3) is 5.97 Å². The fourth-order valence-corrected chi connectivity index (χ4v) is 2.99. The number of carbonyl (C=O) groups is 3. The number of hydrogen-bond acceptors (Lipinski definition) is 7. The summed E-state index contributed by atoms with van der Waals surface area (Å²) in [5.74, 6) is -1.51. The van der Waals surface area contributed by atoms with Gasteiger partial charge in [0.2, 0.25) is 0 Å². The maximum absolute atomic E-state index is 11.9. The van der Waals surface area contributed by atoms with Crippen LogP contribution in [0.25, 0.3) is 10.4 Å². The zero-order chi connectivity index (χ0) is 21.3. The van der Waals surface area contributed by atoms with Gasteiger partial charge in [-0.3, -0.25) is 4.79 Å². The Kier molecular flexibility index (Phi) is 8.66. The zero-order valence-electron chi connectivity index (χ0n) is 16.5. The number of carbonyl (C=O) groups excluding carboxylic acids is 2. The Hall–Kier alpha value is -2.87. The molecule has 7 nitrogen and oxygen atoms in total. The van der Waals surface area contributed by atoms with Crippen LogP contribution in [0.5, 0.6) is 5.75 Å². The van der Waals surface area contributed by atoms with Crippen LogP contribution in [0.1, 0.15) is 37.4 Å². The molecule has 2 rings (SSSR count). The Labute approximate surface area is 167 Å². The topological polar surface area (TPSA) is 99.1 Å². The number of aliphatic carboxylic acids is 1. The summed E-state index contributed by atoms with van der Waals surface area (Å²) in [7, 11) is 1.31. The molecule has 0 spiro atoms. The van der Waals surface area contributed by atoms with E-state index >= 15 is 0 Å². The lowest BCUT2D eigenvalue weighted by atomic mass is 10.2. The molecule has 1 aromatic carbocycles. The number of hydrogen-bond donors (Lipinski definition) is 1. The molecule has 0 bridgehead atoms. The molecule has 0 aliphatic heterocycles. The molecular weight excluding hydrogens is 384 g/mol. The molecule has 0 saturated heterocycles. The maximum Gasteiger partial charge on any atom is 0.351 e. The highest BCUT2D eigenvalue weighted by molar-refractivity contribution is 7.17. The van der Waals surface area contributed by atoms with Crippen molar-refractivity contribution in [1.82, 2.24) is 0 Å². The third kappa shape index (κ3) is 8.22. The van der Waals surface area contributed by atoms with E-state index in [9.17, 15) is 9.59 Å². The lowest BCUT2D eigenvalue weighted by Crippen LogP contribution is -2.27. The Morgan fingerprint density at radius 3 is 2.18 bits per heavy atom. The maximum atomic E-state index is 11.9. The van der Waals surface area contributed by atoms with Crippen molar-refractivity contribution >= 4 is 29.2 Å². The summed E-state index contributed by atoms with van der Waals surface area (Å²) in [5, 5.41) is 7.42. The first-order chi connectivity index (χ1) is 13.0. The van der Waals surface area contributed by atoms with Crippen LogP contribution in [0.15, 0.2) is 36.4 Å². The molecule has 8 heteroatoms. The van der Waals surface area contributed by atoms with Gasteiger partial charge in [0.15, 0.2) is 11.5 Å². The van der Waals surface area contributed by atoms with Crippen molar-refractivity contribution < 1.29 is 33.7 Å². The van der Waals surface area contributed by atoms with Crippen LogP contribution in [0.3, 0.4) is 0 Å². The number of ether oxygens (including phenoxy) is 3. The van der Waals surface area contributed by atoms with Crippen LogP contribution in [-0.4, -0.2) is 42.3 Å². The molecule has 0 unspecified atom stereocenters. The third-order valence-corrected chi connectivity index (χ3v) is 4.04. The van der Waals surface area contributed by atoms with E-state index in [4.69, 9.17) is 24.1 Å². The highest BCUT2D eigenvalue weighted by Gasteiger charge is 2.21. The van der Waals surface area contributed by atoms with E-state index in [0.29, 0.717) is 10.6 Å². The van der Waals surface area contributed by atoms with Crippen molar-refractivity contribution in [3.63, 3.8) is 0 Å². The first-order valence-corrected chi connectivity index (χ1v) is 9.17. The Balaban J connectivity index is 0.000000892. The molecule has 0 aliphatic carbocycles. The quantitative estimate of drug-likeness (QED) is 0.746. The van der Waals surface area contributed by atoms with Crippen LogP contribution in [0, 0.1) is 0 Å². The van der Waals surface area contributed by atoms with Crippen molar-refractivity contribution in [3.05, 3.63) is 41.3 Å². The van der Waals surface area contributed by atoms with Gasteiger partial charge in [0, 0.05) is 11.8 Å². The van der Waals surface area contributed by atoms with Gasteiger partial charge in [-0.2, -0.15) is 0 Å². The number of carboxylic acid groups (broad SMARTS) is 1. The largest absolute Gasteiger partial charge is 0.481 e. The van der Waals surface area contributed by atoms with Crippen molar-refractivity contribution in [3.8, 4) is 16.2 Å². The van der Waals surface area contributed by atoms with E-state index in [1.807, 2.05) is 30.3 Å². The number of rotatable bonds is 5. The first-order valence-electron chi connectivity index (χ1n) is 8.35. The summed E-state index contributed by atoms with van der Waals surface area (Å²) in [5.41, 5.74) is 0.370. The van der Waals surface area contributed by atoms with E-state index in [1.165, 1.54) is 18.4 Å². The van der Waals surface area contributed by atoms with Crippen molar-refractivity contribution in [2.24, 2.45) is 0 Å². The van der Waals surface area contributed by atoms with E-state index in [1.54, 1.807) is 26.8 Å². The fraction of sp³-hybridized carbons (Fsp3) is 0.350. The number of thiophene rings is 1. The molecule has 1 N–H and O–H groups in total. The van der Waals surface area contributed by atoms with Gasteiger partial charge in [-0.25, -0.2) is 9.59 Å². The average molecular weight is 408 g/mol. The molecule has 0 amide bonds. The summed E-state index contributed by atoms with van der Waals surface area (Å²) in [6.45, 7) is 6.15. The SMILES string of the molecule is CC(=O)O.COC(=O)c1sc(-c2ccccc2)cc1OCC(=O)OC(C)(C)C. The first kappa shape index (κ1) is 23.2. The van der Waals surface area contributed by atoms with Crippen LogP contribution in [0.4, 0.5) is 0 Å². The van der Waals surface area contributed by atoms with Gasteiger partial charge in [-0.15, -0.1) is 11.3 Å². The standard InChI is InChI=1S/C18H20O5S.C2H4O2/c1-18(2,3)23-15(19)11-22-13-10-14(12-8-6-5-7-9-12)24-16(13)17(20)21-4;1-2(3)4/h5-10H,11H2,1-4H3;1H3,(H,3,4). The van der Waals surface area contributed by atoms with Crippen molar-refractivity contribution in [2.45, 2.75) is 33.3 Å². The highest BCUT2D eigenvalue weighted by Crippen LogP contribution is 2.36. The highest BCUT2D eigenvalue weighted by atomic mass is 32.1. The Morgan fingerprint density at radius 1 is 1.11 bits per heavy atom. The molecule has 0 aliphatic rings. The van der Waals surface area contributed by atoms with Gasteiger partial charge < -0.3 is 19.3 Å². The molecule has 0 atom stereocenters. The molecule has 0 radical (unpaired) electrons. The number of benzene rings is 1. The second-order valence-corrected chi connectivity index (χ2v) is 7.61. The van der Waals surface area contributed by atoms with Crippen molar-refractivity contribution in [1.29, 1.82) is 0 Å². The smallest absolute Gasteiger partial charge is 0.351 e. The predicted octanol–water partition coefficient (Wildman–Crippen LogP) is 4.01. The van der Waals surface area contributed by atoms with Crippen LogP contribution < -0.4 is 4.74 Å². The molecule has 152 valence electrons. The molecule has 1 heterocycles. The van der Waals surface area contributed by atoms with Crippen LogP contribution in [-0.2, 0) is 19.1 Å². The number of esters is 2. The number of carboxylic acids is 1. The predicted molar refractivity (Wildman–Crippen MR) is 106 cm³/mol. The fourth-order valence-electron chi connectivity index (χ4n) is 1.97. The van der Waals surface area contributed by atoms with Gasteiger partial charge in [0.1, 0.15) is 11.4 Å². The minimum Gasteiger partial charge on any atom is -0.481 e. The summed E-state index contributed by atoms with van der Waals surface area (Å²) in [4.78, 5) is 33.9. The van der Waals surface area contributed by atoms with Crippen LogP contribution >= 0.6 is 11.3 Å². The van der Waals surface area contributed by atoms with Gasteiger partial charge >= 0.3 is 11.9 Å². The molecular formula is C20H24O7S. The van der Waals surface area contributed by atoms with E-state index < -0.39 is 23.5 Å². The summed E-state index contributed by atoms with van der Waals surface area (Å²) in [6.07, 6.45) is 0. The van der Waals surface area contributed by atoms with Gasteiger partial charge in [-0.05, 0) is 32.4 Å². The molecule has 0 fully saturated rings. The molecule has 2 aromatic rings. The normalized spacial score (nSPS) is 10.3. The van der Waals surface area contributed by atoms with Gasteiger partial charge in [0.05, 0.1) is 7.11 Å². The lowest BCUT2D eigenvalue weighted by Gasteiger charge is -2.19. The van der Waals surface area contributed by atoms with Crippen molar-refractivity contribution in [2.75, 3.05) is 13.7 Å². The zero-order valence-corrected chi connectivity index (χ0v) is 17.3. The molecule has 1 aromatic heterocycles. The van der Waals surface area contributed by atoms with E-state index in [0.717, 1.165) is 17.4 Å². The van der Waals surface area contributed by atoms with Crippen LogP contribution in [0.2, 0.25) is 0 Å². The van der Waals surface area contributed by atoms with E-state index in [-0.39, 0.29) is 6.61 Å². The third-order valence-electron chi connectivity index (χ3n) is 2.89. The molecule has 0 saturated carbocycles. The van der Waals surface area contributed by atoms with E-state index in [2.05, 4.69) is 0 Å². The summed E-state index contributed by atoms with van der Waals surface area (Å²) >= 11 is 1.26. The lowest BCUT2D eigenvalue weighted by molar-refractivity contribution is -0.157. The summed E-state index contributed by atoms with van der Waals surface area (Å²) < 4.78 is 15.5. The minimum absolute atomic E-state index is 0.272. The molecule has 28 heavy (non-hydrogen) atoms. The Morgan fingerprint density at radius 2 is 1.68 bits per heavy atom. The number of methoxy groups -OCH3 is 1. The Bertz CT molecular complexity index is 800. The minimum atomic E-state index is -0.833. The second-order valence-electron chi connectivity index (χ2n) is 6.56. The van der Waals surface area contributed by atoms with Gasteiger partial charge in [-0.1, -0.05) is 30.3 Å². The monoisotopic (exact) mass is 408 g/mol.